The lowest BCUT2D eigenvalue weighted by molar-refractivity contribution is -0.136. The number of ketones is 1. The van der Waals surface area contributed by atoms with E-state index in [4.69, 9.17) is 9.47 Å². The van der Waals surface area contributed by atoms with Gasteiger partial charge in [0.2, 0.25) is 0 Å². The molecule has 0 spiro atoms. The fourth-order valence-electron chi connectivity index (χ4n) is 3.98. The lowest BCUT2D eigenvalue weighted by Crippen LogP contribution is -2.41. The van der Waals surface area contributed by atoms with Crippen LogP contribution in [-0.2, 0) is 16.9 Å². The normalized spacial score (nSPS) is 17.1. The van der Waals surface area contributed by atoms with Crippen molar-refractivity contribution in [2.24, 2.45) is 0 Å². The van der Waals surface area contributed by atoms with E-state index < -0.39 is 23.7 Å². The van der Waals surface area contributed by atoms with Crippen molar-refractivity contribution in [3.8, 4) is 11.5 Å². The summed E-state index contributed by atoms with van der Waals surface area (Å²) in [6, 6.07) is 17.7. The number of hydrogen-bond acceptors (Lipinski definition) is 5. The Morgan fingerprint density at radius 1 is 0.970 bits per heavy atom. The number of carbonyl (C=O) groups is 2. The number of carbonyl (C=O) groups excluding carboxylic acids is 2. The molecule has 33 heavy (non-hydrogen) atoms. The summed E-state index contributed by atoms with van der Waals surface area (Å²) in [4.78, 5) is 28.3. The molecule has 3 aromatic carbocycles. The number of anilines is 1. The number of Topliss-reactive ketones (excluding diaryl/α,β-unsaturated/α-hetero) is 1. The first-order valence-corrected chi connectivity index (χ1v) is 11.7. The van der Waals surface area contributed by atoms with Crippen LogP contribution in [-0.4, -0.2) is 31.0 Å². The monoisotopic (exact) mass is 573 g/mol. The lowest BCUT2D eigenvalue weighted by Gasteiger charge is -2.23. The standard InChI is InChI=1S/C25H21Br2NO5/c1-32-18-8-9-19(23(12-18)33-2)22(29)13-25(31)20-11-17(27)7-10-21(20)28(24(25)30)14-15-3-5-16(26)6-4-15/h3-12,31H,13-14H2,1-2H3. The van der Waals surface area contributed by atoms with Gasteiger partial charge in [-0.1, -0.05) is 44.0 Å². The van der Waals surface area contributed by atoms with Gasteiger partial charge in [-0.3, -0.25) is 9.59 Å². The Balaban J connectivity index is 1.70. The number of hydrogen-bond donors (Lipinski definition) is 1. The van der Waals surface area contributed by atoms with Gasteiger partial charge in [-0.2, -0.15) is 0 Å². The minimum absolute atomic E-state index is 0.266. The molecule has 1 aliphatic rings. The third-order valence-corrected chi connectivity index (χ3v) is 6.70. The summed E-state index contributed by atoms with van der Waals surface area (Å²) in [5.41, 5.74) is 0.120. The average molecular weight is 575 g/mol. The van der Waals surface area contributed by atoms with Crippen LogP contribution in [0.25, 0.3) is 0 Å². The Morgan fingerprint density at radius 2 is 1.67 bits per heavy atom. The molecule has 0 fully saturated rings. The number of fused-ring (bicyclic) bond motifs is 1. The summed E-state index contributed by atoms with van der Waals surface area (Å²) < 4.78 is 12.2. The van der Waals surface area contributed by atoms with Crippen LogP contribution >= 0.6 is 31.9 Å². The first-order valence-electron chi connectivity index (χ1n) is 10.1. The van der Waals surface area contributed by atoms with Gasteiger partial charge in [-0.15, -0.1) is 0 Å². The zero-order chi connectivity index (χ0) is 23.8. The zero-order valence-corrected chi connectivity index (χ0v) is 21.1. The van der Waals surface area contributed by atoms with Gasteiger partial charge in [0, 0.05) is 20.6 Å². The van der Waals surface area contributed by atoms with Crippen LogP contribution < -0.4 is 14.4 Å². The van der Waals surface area contributed by atoms with Gasteiger partial charge in [0.1, 0.15) is 11.5 Å². The summed E-state index contributed by atoms with van der Waals surface area (Å²) in [5, 5.41) is 11.6. The molecule has 1 amide bonds. The third kappa shape index (κ3) is 4.43. The van der Waals surface area contributed by atoms with E-state index in [9.17, 15) is 14.7 Å². The predicted molar refractivity (Wildman–Crippen MR) is 132 cm³/mol. The van der Waals surface area contributed by atoms with E-state index in [0.29, 0.717) is 27.2 Å². The summed E-state index contributed by atoms with van der Waals surface area (Å²) in [7, 11) is 2.97. The second-order valence-electron chi connectivity index (χ2n) is 7.71. The van der Waals surface area contributed by atoms with E-state index in [1.165, 1.54) is 19.1 Å². The molecule has 3 aromatic rings. The van der Waals surface area contributed by atoms with E-state index in [2.05, 4.69) is 31.9 Å². The quantitative estimate of drug-likeness (QED) is 0.391. The molecule has 0 bridgehead atoms. The van der Waals surface area contributed by atoms with E-state index >= 15 is 0 Å². The largest absolute Gasteiger partial charge is 0.497 e. The Hall–Kier alpha value is -2.68. The van der Waals surface area contributed by atoms with Crippen molar-refractivity contribution in [2.45, 2.75) is 18.6 Å². The molecule has 1 unspecified atom stereocenters. The van der Waals surface area contributed by atoms with E-state index in [1.54, 1.807) is 36.4 Å². The number of benzene rings is 3. The van der Waals surface area contributed by atoms with Crippen LogP contribution in [0.5, 0.6) is 11.5 Å². The SMILES string of the molecule is COc1ccc(C(=O)CC2(O)C(=O)N(Cc3ccc(Br)cc3)c3ccc(Br)cc32)c(OC)c1. The second kappa shape index (κ2) is 9.29. The molecule has 8 heteroatoms. The van der Waals surface area contributed by atoms with Crippen LogP contribution in [0.2, 0.25) is 0 Å². The van der Waals surface area contributed by atoms with Crippen LogP contribution in [0.15, 0.2) is 69.6 Å². The molecule has 0 radical (unpaired) electrons. The molecule has 6 nitrogen and oxygen atoms in total. The maximum atomic E-state index is 13.5. The van der Waals surface area contributed by atoms with Crippen molar-refractivity contribution in [3.05, 3.63) is 86.3 Å². The van der Waals surface area contributed by atoms with Crippen molar-refractivity contribution >= 4 is 49.2 Å². The fourth-order valence-corrected chi connectivity index (χ4v) is 4.60. The summed E-state index contributed by atoms with van der Waals surface area (Å²) >= 11 is 6.83. The topological polar surface area (TPSA) is 76.1 Å². The predicted octanol–water partition coefficient (Wildman–Crippen LogP) is 5.24. The number of nitrogens with zero attached hydrogens (tertiary/aromatic N) is 1. The van der Waals surface area contributed by atoms with Gasteiger partial charge in [-0.05, 0) is 48.0 Å². The molecular formula is C25H21Br2NO5. The second-order valence-corrected chi connectivity index (χ2v) is 9.54. The third-order valence-electron chi connectivity index (χ3n) is 5.67. The number of aliphatic hydroxyl groups is 1. The molecule has 0 aliphatic carbocycles. The highest BCUT2D eigenvalue weighted by Crippen LogP contribution is 2.45. The molecule has 0 aromatic heterocycles. The highest BCUT2D eigenvalue weighted by Gasteiger charge is 2.51. The van der Waals surface area contributed by atoms with Crippen LogP contribution in [0.4, 0.5) is 5.69 Å². The lowest BCUT2D eigenvalue weighted by atomic mass is 9.88. The van der Waals surface area contributed by atoms with Gasteiger partial charge in [0.15, 0.2) is 11.4 Å². The number of halogens is 2. The molecule has 170 valence electrons. The van der Waals surface area contributed by atoms with Gasteiger partial charge in [0.25, 0.3) is 5.91 Å². The van der Waals surface area contributed by atoms with Crippen molar-refractivity contribution < 1.29 is 24.2 Å². The Labute approximate surface area is 208 Å². The van der Waals surface area contributed by atoms with Crippen LogP contribution in [0.1, 0.15) is 27.9 Å². The smallest absolute Gasteiger partial charge is 0.264 e. The molecule has 4 rings (SSSR count). The van der Waals surface area contributed by atoms with E-state index in [0.717, 1.165) is 10.0 Å². The molecule has 1 aliphatic heterocycles. The Bertz CT molecular complexity index is 1230. The molecule has 1 N–H and O–H groups in total. The fraction of sp³-hybridized carbons (Fsp3) is 0.200. The van der Waals surface area contributed by atoms with E-state index in [-0.39, 0.29) is 12.1 Å². The van der Waals surface area contributed by atoms with Gasteiger partial charge in [-0.25, -0.2) is 0 Å². The highest BCUT2D eigenvalue weighted by atomic mass is 79.9. The van der Waals surface area contributed by atoms with Crippen molar-refractivity contribution in [1.29, 1.82) is 0 Å². The molecule has 1 heterocycles. The first kappa shape index (κ1) is 23.5. The molecular weight excluding hydrogens is 554 g/mol. The molecule has 0 saturated carbocycles. The van der Waals surface area contributed by atoms with E-state index in [1.807, 2.05) is 24.3 Å². The van der Waals surface area contributed by atoms with Crippen molar-refractivity contribution in [3.63, 3.8) is 0 Å². The van der Waals surface area contributed by atoms with Crippen molar-refractivity contribution in [2.75, 3.05) is 19.1 Å². The zero-order valence-electron chi connectivity index (χ0n) is 18.0. The average Bonchev–Trinajstić information content (AvgIpc) is 3.01. The van der Waals surface area contributed by atoms with Crippen LogP contribution in [0.3, 0.4) is 0 Å². The van der Waals surface area contributed by atoms with Gasteiger partial charge < -0.3 is 19.5 Å². The summed E-state index contributed by atoms with van der Waals surface area (Å²) in [6.07, 6.45) is -0.422. The summed E-state index contributed by atoms with van der Waals surface area (Å²) in [5.74, 6) is -0.107. The van der Waals surface area contributed by atoms with Crippen LogP contribution in [0, 0.1) is 0 Å². The number of amides is 1. The number of rotatable bonds is 7. The Morgan fingerprint density at radius 3 is 2.33 bits per heavy atom. The minimum Gasteiger partial charge on any atom is -0.497 e. The number of methoxy groups -OCH3 is 2. The molecule has 0 saturated heterocycles. The number of ether oxygens (including phenoxy) is 2. The first-order chi connectivity index (χ1) is 15.8. The van der Waals surface area contributed by atoms with Gasteiger partial charge in [0.05, 0.1) is 38.4 Å². The Kier molecular flexibility index (Phi) is 6.61. The molecule has 1 atom stereocenters. The van der Waals surface area contributed by atoms with Gasteiger partial charge >= 0.3 is 0 Å². The minimum atomic E-state index is -2.00. The highest BCUT2D eigenvalue weighted by molar-refractivity contribution is 9.10. The maximum Gasteiger partial charge on any atom is 0.264 e. The maximum absolute atomic E-state index is 13.5. The summed E-state index contributed by atoms with van der Waals surface area (Å²) in [6.45, 7) is 0.267. The van der Waals surface area contributed by atoms with Crippen molar-refractivity contribution in [1.82, 2.24) is 0 Å².